The van der Waals surface area contributed by atoms with Crippen molar-refractivity contribution in [1.82, 2.24) is 0 Å². The number of rotatable bonds is 2. The molecule has 0 unspecified atom stereocenters. The normalized spacial score (nSPS) is 20.2. The Morgan fingerprint density at radius 1 is 1.00 bits per heavy atom. The van der Waals surface area contributed by atoms with Crippen LogP contribution in [0.1, 0.15) is 44.6 Å². The number of hydrogen-bond acceptors (Lipinski definition) is 0. The topological polar surface area (TPSA) is 0 Å². The number of alkyl halides is 2. The van der Waals surface area contributed by atoms with Gasteiger partial charge in [0.1, 0.15) is 5.82 Å². The van der Waals surface area contributed by atoms with Crippen molar-refractivity contribution >= 4 is 0 Å². The van der Waals surface area contributed by atoms with Gasteiger partial charge in [-0.3, -0.25) is 0 Å². The summed E-state index contributed by atoms with van der Waals surface area (Å²) >= 11 is 0. The van der Waals surface area contributed by atoms with Crippen molar-refractivity contribution in [2.75, 3.05) is 0 Å². The van der Waals surface area contributed by atoms with Crippen LogP contribution < -0.4 is 0 Å². The van der Waals surface area contributed by atoms with Gasteiger partial charge in [0.25, 0.3) is 5.92 Å². The molecule has 0 aromatic heterocycles. The lowest BCUT2D eigenvalue weighted by atomic mass is 9.66. The van der Waals surface area contributed by atoms with E-state index >= 15 is 0 Å². The molecule has 0 bridgehead atoms. The Balaban J connectivity index is 2.43. The monoisotopic (exact) mass is 242 g/mol. The van der Waals surface area contributed by atoms with Gasteiger partial charge in [0.15, 0.2) is 0 Å². The maximum Gasteiger partial charge on any atom is 0.254 e. The van der Waals surface area contributed by atoms with Gasteiger partial charge >= 0.3 is 0 Å². The van der Waals surface area contributed by atoms with Crippen LogP contribution in [0.5, 0.6) is 0 Å². The molecule has 1 aliphatic rings. The quantitative estimate of drug-likeness (QED) is 0.706. The molecule has 0 aliphatic heterocycles. The molecule has 0 N–H and O–H groups in total. The molecule has 3 heteroatoms. The molecule has 0 spiro atoms. The Bertz CT molecular complexity index is 369. The maximum absolute atomic E-state index is 14.0. The molecule has 1 saturated carbocycles. The first-order valence-electron chi connectivity index (χ1n) is 6.10. The molecule has 1 aromatic carbocycles. The molecular weight excluding hydrogens is 225 g/mol. The summed E-state index contributed by atoms with van der Waals surface area (Å²) in [5, 5.41) is 0. The molecule has 2 rings (SSSR count). The first kappa shape index (κ1) is 12.5. The average molecular weight is 242 g/mol. The highest BCUT2D eigenvalue weighted by molar-refractivity contribution is 5.29. The highest BCUT2D eigenvalue weighted by Crippen LogP contribution is 2.49. The van der Waals surface area contributed by atoms with Crippen LogP contribution >= 0.6 is 0 Å². The van der Waals surface area contributed by atoms with Crippen LogP contribution in [0.4, 0.5) is 13.2 Å². The van der Waals surface area contributed by atoms with E-state index in [4.69, 9.17) is 0 Å². The predicted octanol–water partition coefficient (Wildman–Crippen LogP) is 4.68. The Morgan fingerprint density at radius 3 is 2.00 bits per heavy atom. The van der Waals surface area contributed by atoms with Gasteiger partial charge in [-0.25, -0.2) is 13.2 Å². The zero-order chi connectivity index (χ0) is 12.5. The minimum atomic E-state index is -2.76. The van der Waals surface area contributed by atoms with Crippen molar-refractivity contribution in [2.45, 2.75) is 50.4 Å². The molecule has 0 atom stereocenters. The fourth-order valence-electron chi connectivity index (χ4n) is 2.91. The third kappa shape index (κ3) is 2.20. The summed E-state index contributed by atoms with van der Waals surface area (Å²) in [6, 6.07) is 5.57. The minimum Gasteiger partial charge on any atom is -0.207 e. The van der Waals surface area contributed by atoms with E-state index in [1.54, 1.807) is 0 Å². The predicted molar refractivity (Wildman–Crippen MR) is 61.8 cm³/mol. The van der Waals surface area contributed by atoms with Gasteiger partial charge in [0.05, 0.1) is 5.41 Å². The van der Waals surface area contributed by atoms with Crippen molar-refractivity contribution in [3.63, 3.8) is 0 Å². The van der Waals surface area contributed by atoms with Gasteiger partial charge in [-0.2, -0.15) is 0 Å². The summed E-state index contributed by atoms with van der Waals surface area (Å²) in [5.74, 6) is -3.13. The summed E-state index contributed by atoms with van der Waals surface area (Å²) in [6.07, 6.45) is 3.63. The number of hydrogen-bond donors (Lipinski definition) is 0. The summed E-state index contributed by atoms with van der Waals surface area (Å²) in [7, 11) is 0. The molecule has 94 valence electrons. The third-order valence-corrected chi connectivity index (χ3v) is 3.94. The lowest BCUT2D eigenvalue weighted by Gasteiger charge is -2.42. The lowest BCUT2D eigenvalue weighted by molar-refractivity contribution is -0.0777. The first-order chi connectivity index (χ1) is 7.96. The van der Waals surface area contributed by atoms with Crippen molar-refractivity contribution in [1.29, 1.82) is 0 Å². The number of halogens is 3. The van der Waals surface area contributed by atoms with Gasteiger partial charge in [-0.05, 0) is 30.5 Å². The molecule has 0 saturated heterocycles. The Morgan fingerprint density at radius 2 is 1.53 bits per heavy atom. The summed E-state index contributed by atoms with van der Waals surface area (Å²) in [5.41, 5.74) is -0.523. The van der Waals surface area contributed by atoms with Crippen LogP contribution in [0.25, 0.3) is 0 Å². The van der Waals surface area contributed by atoms with Crippen LogP contribution in [0.3, 0.4) is 0 Å². The van der Waals surface area contributed by atoms with Gasteiger partial charge in [0.2, 0.25) is 0 Å². The summed E-state index contributed by atoms with van der Waals surface area (Å²) < 4.78 is 40.8. The van der Waals surface area contributed by atoms with Gasteiger partial charge < -0.3 is 0 Å². The second-order valence-corrected chi connectivity index (χ2v) is 5.04. The van der Waals surface area contributed by atoms with Crippen molar-refractivity contribution in [3.05, 3.63) is 35.6 Å². The average Bonchev–Trinajstić information content (AvgIpc) is 2.29. The fraction of sp³-hybridized carbons (Fsp3) is 0.571. The van der Waals surface area contributed by atoms with Crippen LogP contribution in [-0.2, 0) is 5.41 Å². The third-order valence-electron chi connectivity index (χ3n) is 3.94. The molecular formula is C14H17F3. The lowest BCUT2D eigenvalue weighted by Crippen LogP contribution is -2.44. The van der Waals surface area contributed by atoms with E-state index in [9.17, 15) is 13.2 Å². The molecule has 0 amide bonds. The van der Waals surface area contributed by atoms with Crippen molar-refractivity contribution < 1.29 is 13.2 Å². The van der Waals surface area contributed by atoms with E-state index in [0.29, 0.717) is 18.4 Å². The van der Waals surface area contributed by atoms with Crippen molar-refractivity contribution in [3.8, 4) is 0 Å². The van der Waals surface area contributed by atoms with Gasteiger partial charge in [-0.15, -0.1) is 0 Å². The molecule has 1 aromatic rings. The molecule has 0 radical (unpaired) electrons. The van der Waals surface area contributed by atoms with Crippen molar-refractivity contribution in [2.24, 2.45) is 0 Å². The Labute approximate surface area is 99.8 Å². The van der Waals surface area contributed by atoms with Crippen LogP contribution in [-0.4, -0.2) is 5.92 Å². The largest absolute Gasteiger partial charge is 0.254 e. The van der Waals surface area contributed by atoms with Gasteiger partial charge in [0, 0.05) is 6.92 Å². The van der Waals surface area contributed by atoms with E-state index in [2.05, 4.69) is 0 Å². The standard InChI is InChI=1S/C14H17F3/c1-13(16,17)14(9-3-2-4-10-14)11-5-7-12(15)8-6-11/h5-8H,2-4,9-10H2,1H3. The maximum atomic E-state index is 14.0. The first-order valence-corrected chi connectivity index (χ1v) is 6.10. The Hall–Kier alpha value is -0.990. The fourth-order valence-corrected chi connectivity index (χ4v) is 2.91. The zero-order valence-corrected chi connectivity index (χ0v) is 9.98. The SMILES string of the molecule is CC(F)(F)C1(c2ccc(F)cc2)CCCCC1. The summed E-state index contributed by atoms with van der Waals surface area (Å²) in [4.78, 5) is 0. The summed E-state index contributed by atoms with van der Waals surface area (Å²) in [6.45, 7) is 0.988. The second kappa shape index (κ2) is 4.35. The molecule has 0 nitrogen and oxygen atoms in total. The number of benzene rings is 1. The minimum absolute atomic E-state index is 0.376. The van der Waals surface area contributed by atoms with Gasteiger partial charge in [-0.1, -0.05) is 31.4 Å². The van der Waals surface area contributed by atoms with E-state index < -0.39 is 11.3 Å². The second-order valence-electron chi connectivity index (χ2n) is 5.04. The highest BCUT2D eigenvalue weighted by Gasteiger charge is 2.51. The highest BCUT2D eigenvalue weighted by atomic mass is 19.3. The van der Waals surface area contributed by atoms with E-state index in [0.717, 1.165) is 26.2 Å². The van der Waals surface area contributed by atoms with E-state index in [1.807, 2.05) is 0 Å². The molecule has 0 heterocycles. The molecule has 17 heavy (non-hydrogen) atoms. The van der Waals surface area contributed by atoms with Crippen LogP contribution in [0.15, 0.2) is 24.3 Å². The van der Waals surface area contributed by atoms with Crippen LogP contribution in [0, 0.1) is 5.82 Å². The molecule has 1 fully saturated rings. The van der Waals surface area contributed by atoms with E-state index in [1.165, 1.54) is 24.3 Å². The zero-order valence-electron chi connectivity index (χ0n) is 9.98. The van der Waals surface area contributed by atoms with E-state index in [-0.39, 0.29) is 5.82 Å². The smallest absolute Gasteiger partial charge is 0.207 e. The van der Waals surface area contributed by atoms with Crippen LogP contribution in [0.2, 0.25) is 0 Å². The molecule has 1 aliphatic carbocycles. The Kier molecular flexibility index (Phi) is 3.19.